The second kappa shape index (κ2) is 5.79. The Bertz CT molecular complexity index is 365. The number of hydrogen-bond acceptors (Lipinski definition) is 3. The van der Waals surface area contributed by atoms with Gasteiger partial charge in [-0.2, -0.15) is 17.0 Å². The maximum atomic E-state index is 12.1. The van der Waals surface area contributed by atoms with Crippen molar-refractivity contribution in [2.45, 2.75) is 26.2 Å². The molecule has 0 heterocycles. The largest absolute Gasteiger partial charge is 0.480 e. The summed E-state index contributed by atoms with van der Waals surface area (Å²) in [6.07, 6.45) is 2.73. The van der Waals surface area contributed by atoms with Gasteiger partial charge >= 0.3 is 5.97 Å². The highest BCUT2D eigenvalue weighted by Crippen LogP contribution is 2.30. The molecule has 0 spiro atoms. The summed E-state index contributed by atoms with van der Waals surface area (Å²) in [5.74, 6) is -0.676. The van der Waals surface area contributed by atoms with Crippen molar-refractivity contribution < 1.29 is 18.3 Å². The summed E-state index contributed by atoms with van der Waals surface area (Å²) in [6, 6.07) is 0. The number of carbonyl (C=O) groups is 1. The van der Waals surface area contributed by atoms with Gasteiger partial charge in [0, 0.05) is 20.1 Å². The molecule has 0 atom stereocenters. The molecule has 1 rings (SSSR count). The predicted molar refractivity (Wildman–Crippen MR) is 63.8 cm³/mol. The topological polar surface area (TPSA) is 77.9 Å². The van der Waals surface area contributed by atoms with Crippen LogP contribution >= 0.6 is 0 Å². The van der Waals surface area contributed by atoms with E-state index >= 15 is 0 Å². The monoisotopic (exact) mass is 264 g/mol. The molecule has 100 valence electrons. The zero-order valence-corrected chi connectivity index (χ0v) is 11.1. The molecule has 6 nitrogen and oxygen atoms in total. The summed E-state index contributed by atoms with van der Waals surface area (Å²) < 4.78 is 26.5. The van der Waals surface area contributed by atoms with Gasteiger partial charge in [0.15, 0.2) is 0 Å². The van der Waals surface area contributed by atoms with E-state index in [1.54, 1.807) is 0 Å². The van der Waals surface area contributed by atoms with E-state index in [4.69, 9.17) is 5.11 Å². The minimum atomic E-state index is -3.63. The summed E-state index contributed by atoms with van der Waals surface area (Å²) >= 11 is 0. The lowest BCUT2D eigenvalue weighted by atomic mass is 10.4. The van der Waals surface area contributed by atoms with Gasteiger partial charge in [-0.15, -0.1) is 0 Å². The van der Waals surface area contributed by atoms with Crippen LogP contribution in [0.1, 0.15) is 26.2 Å². The Morgan fingerprint density at radius 3 is 2.41 bits per heavy atom. The Labute approximate surface area is 102 Å². The van der Waals surface area contributed by atoms with Crippen LogP contribution in [0.5, 0.6) is 0 Å². The Hall–Kier alpha value is -0.660. The number of hydrogen-bond donors (Lipinski definition) is 1. The van der Waals surface area contributed by atoms with E-state index in [0.29, 0.717) is 18.9 Å². The van der Waals surface area contributed by atoms with Gasteiger partial charge in [0.1, 0.15) is 6.54 Å². The van der Waals surface area contributed by atoms with E-state index < -0.39 is 22.7 Å². The molecule has 0 aromatic heterocycles. The van der Waals surface area contributed by atoms with E-state index in [0.717, 1.165) is 17.1 Å². The van der Waals surface area contributed by atoms with Crippen LogP contribution in [0.25, 0.3) is 0 Å². The fourth-order valence-corrected chi connectivity index (χ4v) is 3.11. The predicted octanol–water partition coefficient (Wildman–Crippen LogP) is 0.370. The lowest BCUT2D eigenvalue weighted by Crippen LogP contribution is -2.45. The number of nitrogens with zero attached hydrogens (tertiary/aromatic N) is 2. The number of rotatable bonds is 8. The third-order valence-electron chi connectivity index (χ3n) is 2.72. The van der Waals surface area contributed by atoms with Crippen molar-refractivity contribution in [1.82, 2.24) is 8.61 Å². The summed E-state index contributed by atoms with van der Waals surface area (Å²) in [4.78, 5) is 10.7. The average Bonchev–Trinajstić information content (AvgIpc) is 3.00. The standard InChI is InChI=1S/C10H20N2O4S/c1-3-6-12(8-10(13)14)17(15,16)11(2)7-9-4-5-9/h9H,3-8H2,1-2H3,(H,13,14). The fourth-order valence-electron chi connectivity index (χ4n) is 1.63. The SMILES string of the molecule is CCCN(CC(=O)O)S(=O)(=O)N(C)CC1CC1. The minimum Gasteiger partial charge on any atom is -0.480 e. The van der Waals surface area contributed by atoms with Gasteiger partial charge in [-0.05, 0) is 25.2 Å². The molecule has 1 N–H and O–H groups in total. The van der Waals surface area contributed by atoms with E-state index in [9.17, 15) is 13.2 Å². The molecule has 1 fully saturated rings. The van der Waals surface area contributed by atoms with E-state index in [2.05, 4.69) is 0 Å². The molecular weight excluding hydrogens is 244 g/mol. The van der Waals surface area contributed by atoms with Crippen LogP contribution in [-0.2, 0) is 15.0 Å². The van der Waals surface area contributed by atoms with Gasteiger partial charge in [0.25, 0.3) is 10.2 Å². The first-order valence-corrected chi connectivity index (χ1v) is 7.20. The number of carboxylic acids is 1. The fraction of sp³-hybridized carbons (Fsp3) is 0.900. The molecule has 0 aromatic carbocycles. The lowest BCUT2D eigenvalue weighted by Gasteiger charge is -2.25. The smallest absolute Gasteiger partial charge is 0.318 e. The van der Waals surface area contributed by atoms with Crippen LogP contribution in [0, 0.1) is 5.92 Å². The second-order valence-corrected chi connectivity index (χ2v) is 6.49. The molecule has 1 saturated carbocycles. The molecule has 0 saturated heterocycles. The highest BCUT2D eigenvalue weighted by molar-refractivity contribution is 7.86. The summed E-state index contributed by atoms with van der Waals surface area (Å²) in [7, 11) is -2.12. The van der Waals surface area contributed by atoms with Crippen LogP contribution in [-0.4, -0.2) is 54.8 Å². The van der Waals surface area contributed by atoms with Crippen LogP contribution < -0.4 is 0 Å². The number of carboxylic acid groups (broad SMARTS) is 1. The van der Waals surface area contributed by atoms with Crippen molar-refractivity contribution in [3.8, 4) is 0 Å². The van der Waals surface area contributed by atoms with Gasteiger partial charge in [-0.3, -0.25) is 4.79 Å². The molecule has 1 aliphatic carbocycles. The van der Waals surface area contributed by atoms with Gasteiger partial charge in [0.2, 0.25) is 0 Å². The zero-order valence-electron chi connectivity index (χ0n) is 10.3. The maximum Gasteiger partial charge on any atom is 0.318 e. The quantitative estimate of drug-likeness (QED) is 0.687. The van der Waals surface area contributed by atoms with Gasteiger partial charge in [0.05, 0.1) is 0 Å². The average molecular weight is 264 g/mol. The van der Waals surface area contributed by atoms with Crippen LogP contribution in [0.2, 0.25) is 0 Å². The van der Waals surface area contributed by atoms with Crippen molar-refractivity contribution >= 4 is 16.2 Å². The van der Waals surface area contributed by atoms with Crippen LogP contribution in [0.3, 0.4) is 0 Å². The number of aliphatic carboxylic acids is 1. The molecule has 0 aromatic rings. The van der Waals surface area contributed by atoms with E-state index in [1.165, 1.54) is 11.4 Å². The molecule has 0 radical (unpaired) electrons. The minimum absolute atomic E-state index is 0.240. The second-order valence-electron chi connectivity index (χ2n) is 4.46. The molecule has 1 aliphatic rings. The zero-order chi connectivity index (χ0) is 13.1. The van der Waals surface area contributed by atoms with Crippen molar-refractivity contribution in [2.24, 2.45) is 5.92 Å². The summed E-state index contributed by atoms with van der Waals surface area (Å²) in [5.41, 5.74) is 0. The molecule has 0 unspecified atom stereocenters. The molecule has 17 heavy (non-hydrogen) atoms. The molecule has 0 amide bonds. The maximum absolute atomic E-state index is 12.1. The highest BCUT2D eigenvalue weighted by atomic mass is 32.2. The van der Waals surface area contributed by atoms with Crippen LogP contribution in [0.4, 0.5) is 0 Å². The molecule has 7 heteroatoms. The Balaban J connectivity index is 2.70. The lowest BCUT2D eigenvalue weighted by molar-refractivity contribution is -0.137. The Kier molecular flexibility index (Phi) is 4.91. The van der Waals surface area contributed by atoms with Gasteiger partial charge in [-0.1, -0.05) is 6.92 Å². The normalized spacial score (nSPS) is 16.7. The highest BCUT2D eigenvalue weighted by Gasteiger charge is 2.32. The summed E-state index contributed by atoms with van der Waals surface area (Å²) in [6.45, 7) is 2.09. The van der Waals surface area contributed by atoms with Crippen LogP contribution in [0.15, 0.2) is 0 Å². The van der Waals surface area contributed by atoms with Crippen molar-refractivity contribution in [1.29, 1.82) is 0 Å². The van der Waals surface area contributed by atoms with Crippen molar-refractivity contribution in [2.75, 3.05) is 26.7 Å². The Morgan fingerprint density at radius 2 is 2.00 bits per heavy atom. The van der Waals surface area contributed by atoms with Gasteiger partial charge < -0.3 is 5.11 Å². The third-order valence-corrected chi connectivity index (χ3v) is 4.62. The van der Waals surface area contributed by atoms with Gasteiger partial charge in [-0.25, -0.2) is 0 Å². The first-order chi connectivity index (χ1) is 7.87. The third kappa shape index (κ3) is 4.25. The van der Waals surface area contributed by atoms with Crippen molar-refractivity contribution in [3.05, 3.63) is 0 Å². The van der Waals surface area contributed by atoms with E-state index in [-0.39, 0.29) is 6.54 Å². The Morgan fingerprint density at radius 1 is 1.41 bits per heavy atom. The molecular formula is C10H20N2O4S. The van der Waals surface area contributed by atoms with E-state index in [1.807, 2.05) is 6.92 Å². The first-order valence-electron chi connectivity index (χ1n) is 5.81. The molecule has 0 aliphatic heterocycles. The van der Waals surface area contributed by atoms with Crippen molar-refractivity contribution in [3.63, 3.8) is 0 Å². The first kappa shape index (κ1) is 14.4. The molecule has 0 bridgehead atoms. The summed E-state index contributed by atoms with van der Waals surface area (Å²) in [5, 5.41) is 8.73.